The first kappa shape index (κ1) is 17.2. The molecule has 0 saturated carbocycles. The first-order valence-electron chi connectivity index (χ1n) is 8.54. The topological polar surface area (TPSA) is 26.0 Å². The average Bonchev–Trinajstić information content (AvgIpc) is 2.44. The molecule has 1 aromatic carbocycles. The normalized spacial score (nSPS) is 12.6. The summed E-state index contributed by atoms with van der Waals surface area (Å²) in [6, 6.07) is 8.94. The van der Waals surface area contributed by atoms with E-state index >= 15 is 0 Å². The van der Waals surface area contributed by atoms with E-state index in [0.29, 0.717) is 6.04 Å². The molecular weight excluding hydrogens is 242 g/mol. The van der Waals surface area contributed by atoms with Gasteiger partial charge in [0.1, 0.15) is 0 Å². The Kier molecular flexibility index (Phi) is 9.40. The maximum Gasteiger partial charge on any atom is 0.00794 e. The molecule has 0 spiro atoms. The quantitative estimate of drug-likeness (QED) is 0.538. The van der Waals surface area contributed by atoms with E-state index in [1.165, 1.54) is 68.9 Å². The number of unbranched alkanes of at least 4 members (excludes halogenated alkanes) is 7. The molecule has 0 aliphatic heterocycles. The molecule has 1 rings (SSSR count). The maximum atomic E-state index is 6.26. The van der Waals surface area contributed by atoms with Crippen molar-refractivity contribution in [2.75, 3.05) is 0 Å². The molecule has 1 atom stereocenters. The summed E-state index contributed by atoms with van der Waals surface area (Å²) in [6.07, 6.45) is 13.2. The molecule has 0 aliphatic carbocycles. The Morgan fingerprint density at radius 2 is 1.50 bits per heavy atom. The van der Waals surface area contributed by atoms with Gasteiger partial charge in [-0.1, -0.05) is 82.6 Å². The second kappa shape index (κ2) is 10.9. The van der Waals surface area contributed by atoms with Gasteiger partial charge in [-0.2, -0.15) is 0 Å². The molecule has 20 heavy (non-hydrogen) atoms. The van der Waals surface area contributed by atoms with Crippen LogP contribution >= 0.6 is 0 Å². The molecule has 0 bridgehead atoms. The van der Waals surface area contributed by atoms with Gasteiger partial charge in [0.2, 0.25) is 0 Å². The van der Waals surface area contributed by atoms with Gasteiger partial charge in [0.15, 0.2) is 0 Å². The molecule has 114 valence electrons. The Hall–Kier alpha value is -0.820. The van der Waals surface area contributed by atoms with Crippen molar-refractivity contribution in [3.8, 4) is 0 Å². The average molecular weight is 275 g/mol. The van der Waals surface area contributed by atoms with Crippen molar-refractivity contribution < 1.29 is 0 Å². The third-order valence-electron chi connectivity index (χ3n) is 4.17. The molecule has 1 aromatic rings. The molecule has 1 nitrogen and oxygen atoms in total. The number of benzene rings is 1. The van der Waals surface area contributed by atoms with E-state index in [-0.39, 0.29) is 0 Å². The molecule has 1 unspecified atom stereocenters. The molecule has 0 fully saturated rings. The van der Waals surface area contributed by atoms with Crippen molar-refractivity contribution in [3.63, 3.8) is 0 Å². The molecule has 0 aliphatic rings. The summed E-state index contributed by atoms with van der Waals surface area (Å²) >= 11 is 0. The first-order valence-corrected chi connectivity index (χ1v) is 8.54. The van der Waals surface area contributed by atoms with Crippen LogP contribution in [0.4, 0.5) is 0 Å². The van der Waals surface area contributed by atoms with Crippen LogP contribution in [0.5, 0.6) is 0 Å². The molecule has 2 N–H and O–H groups in total. The second-order valence-electron chi connectivity index (χ2n) is 6.15. The van der Waals surface area contributed by atoms with Crippen LogP contribution in [-0.2, 0) is 6.42 Å². The minimum absolute atomic E-state index is 0.330. The van der Waals surface area contributed by atoms with Crippen LogP contribution in [0.25, 0.3) is 0 Å². The summed E-state index contributed by atoms with van der Waals surface area (Å²) in [5.41, 5.74) is 9.05. The van der Waals surface area contributed by atoms with Crippen molar-refractivity contribution in [2.45, 2.75) is 84.1 Å². The minimum atomic E-state index is 0.330. The molecule has 0 amide bonds. The van der Waals surface area contributed by atoms with Crippen LogP contribution in [0.1, 0.15) is 75.8 Å². The van der Waals surface area contributed by atoms with E-state index in [0.717, 1.165) is 6.42 Å². The Balaban J connectivity index is 2.03. The summed E-state index contributed by atoms with van der Waals surface area (Å²) in [4.78, 5) is 0. The lowest BCUT2D eigenvalue weighted by Crippen LogP contribution is -2.23. The van der Waals surface area contributed by atoms with Crippen molar-refractivity contribution in [2.24, 2.45) is 5.73 Å². The zero-order valence-electron chi connectivity index (χ0n) is 13.5. The van der Waals surface area contributed by atoms with E-state index in [9.17, 15) is 0 Å². The van der Waals surface area contributed by atoms with Gasteiger partial charge in [-0.25, -0.2) is 0 Å². The summed E-state index contributed by atoms with van der Waals surface area (Å²) in [5.74, 6) is 0. The predicted octanol–water partition coefficient (Wildman–Crippen LogP) is 5.40. The summed E-state index contributed by atoms with van der Waals surface area (Å²) in [7, 11) is 0. The minimum Gasteiger partial charge on any atom is -0.327 e. The van der Waals surface area contributed by atoms with Crippen LogP contribution < -0.4 is 5.73 Å². The van der Waals surface area contributed by atoms with Gasteiger partial charge in [0, 0.05) is 6.04 Å². The number of nitrogens with two attached hydrogens (primary N) is 1. The standard InChI is InChI=1S/C19H33N/c1-3-4-5-6-7-8-9-10-15-19(20)16-18-14-12-11-13-17(18)2/h11-14,19H,3-10,15-16,20H2,1-2H3. The monoisotopic (exact) mass is 275 g/mol. The van der Waals surface area contributed by atoms with E-state index in [1.54, 1.807) is 0 Å². The molecule has 0 radical (unpaired) electrons. The Labute approximate surface area is 126 Å². The highest BCUT2D eigenvalue weighted by Crippen LogP contribution is 2.14. The van der Waals surface area contributed by atoms with Crippen LogP contribution in [0.3, 0.4) is 0 Å². The fourth-order valence-electron chi connectivity index (χ4n) is 2.76. The largest absolute Gasteiger partial charge is 0.327 e. The van der Waals surface area contributed by atoms with E-state index in [1.807, 2.05) is 0 Å². The number of hydrogen-bond donors (Lipinski definition) is 1. The first-order chi connectivity index (χ1) is 9.74. The number of hydrogen-bond acceptors (Lipinski definition) is 1. The molecular formula is C19H33N. The zero-order chi connectivity index (χ0) is 14.6. The zero-order valence-corrected chi connectivity index (χ0v) is 13.5. The van der Waals surface area contributed by atoms with Crippen molar-refractivity contribution in [1.82, 2.24) is 0 Å². The highest BCUT2D eigenvalue weighted by molar-refractivity contribution is 5.26. The van der Waals surface area contributed by atoms with Gasteiger partial charge in [-0.05, 0) is 30.9 Å². The smallest absolute Gasteiger partial charge is 0.00794 e. The van der Waals surface area contributed by atoms with Crippen LogP contribution in [0.15, 0.2) is 24.3 Å². The van der Waals surface area contributed by atoms with E-state index in [2.05, 4.69) is 38.1 Å². The Morgan fingerprint density at radius 1 is 0.900 bits per heavy atom. The van der Waals surface area contributed by atoms with Gasteiger partial charge in [0.05, 0.1) is 0 Å². The van der Waals surface area contributed by atoms with Gasteiger partial charge in [-0.3, -0.25) is 0 Å². The van der Waals surface area contributed by atoms with Crippen molar-refractivity contribution >= 4 is 0 Å². The SMILES string of the molecule is CCCCCCCCCCC(N)Cc1ccccc1C. The van der Waals surface area contributed by atoms with Crippen molar-refractivity contribution in [3.05, 3.63) is 35.4 Å². The fourth-order valence-corrected chi connectivity index (χ4v) is 2.76. The third-order valence-corrected chi connectivity index (χ3v) is 4.17. The third kappa shape index (κ3) is 7.69. The lowest BCUT2D eigenvalue weighted by molar-refractivity contribution is 0.524. The highest BCUT2D eigenvalue weighted by Gasteiger charge is 2.05. The lowest BCUT2D eigenvalue weighted by atomic mass is 9.97. The van der Waals surface area contributed by atoms with Crippen LogP contribution in [-0.4, -0.2) is 6.04 Å². The summed E-state index contributed by atoms with van der Waals surface area (Å²) < 4.78 is 0. The molecule has 0 aromatic heterocycles. The Bertz CT molecular complexity index is 345. The van der Waals surface area contributed by atoms with E-state index < -0.39 is 0 Å². The van der Waals surface area contributed by atoms with Gasteiger partial charge >= 0.3 is 0 Å². The number of rotatable bonds is 11. The van der Waals surface area contributed by atoms with Crippen LogP contribution in [0, 0.1) is 6.92 Å². The Morgan fingerprint density at radius 3 is 2.15 bits per heavy atom. The maximum absolute atomic E-state index is 6.26. The van der Waals surface area contributed by atoms with E-state index in [4.69, 9.17) is 5.73 Å². The second-order valence-corrected chi connectivity index (χ2v) is 6.15. The fraction of sp³-hybridized carbons (Fsp3) is 0.684. The molecule has 1 heteroatoms. The molecule has 0 saturated heterocycles. The summed E-state index contributed by atoms with van der Waals surface area (Å²) in [6.45, 7) is 4.45. The van der Waals surface area contributed by atoms with Gasteiger partial charge in [-0.15, -0.1) is 0 Å². The lowest BCUT2D eigenvalue weighted by Gasteiger charge is -2.13. The van der Waals surface area contributed by atoms with Crippen LogP contribution in [0.2, 0.25) is 0 Å². The van der Waals surface area contributed by atoms with Gasteiger partial charge in [0.25, 0.3) is 0 Å². The molecule has 0 heterocycles. The van der Waals surface area contributed by atoms with Crippen molar-refractivity contribution in [1.29, 1.82) is 0 Å². The summed E-state index contributed by atoms with van der Waals surface area (Å²) in [5, 5.41) is 0. The van der Waals surface area contributed by atoms with Gasteiger partial charge < -0.3 is 5.73 Å². The predicted molar refractivity (Wildman–Crippen MR) is 90.1 cm³/mol. The number of aryl methyl sites for hydroxylation is 1. The highest BCUT2D eigenvalue weighted by atomic mass is 14.6.